The summed E-state index contributed by atoms with van der Waals surface area (Å²) in [7, 11) is -3.18. The molecule has 0 fully saturated rings. The van der Waals surface area contributed by atoms with Crippen LogP contribution in [0.2, 0.25) is 0 Å². The number of esters is 1. The molecule has 9 heteroatoms. The maximum Gasteiger partial charge on any atom is 0.338 e. The fourth-order valence-electron chi connectivity index (χ4n) is 2.20. The number of ether oxygens (including phenoxy) is 1. The Kier molecular flexibility index (Phi) is 6.89. The standard InChI is InChI=1S/C19H20N2O6S/c1-13(17(22)20-21-18(23)15-6-4-3-5-7-15)27-19(24)16-10-8-14(9-11-16)12-28(2,25)26/h3-11,13H,12H2,1-2H3,(H,20,22)(H,21,23)/t13-/m1/s1. The fourth-order valence-corrected chi connectivity index (χ4v) is 3.00. The van der Waals surface area contributed by atoms with Crippen molar-refractivity contribution in [3.05, 3.63) is 71.3 Å². The van der Waals surface area contributed by atoms with Gasteiger partial charge in [-0.15, -0.1) is 0 Å². The van der Waals surface area contributed by atoms with Crippen LogP contribution in [0.5, 0.6) is 0 Å². The van der Waals surface area contributed by atoms with Crippen LogP contribution in [-0.2, 0) is 25.1 Å². The lowest BCUT2D eigenvalue weighted by atomic mass is 10.1. The molecule has 148 valence electrons. The number of sulfone groups is 1. The monoisotopic (exact) mass is 404 g/mol. The minimum absolute atomic E-state index is 0.137. The first-order valence-corrected chi connectivity index (χ1v) is 10.3. The normalized spacial score (nSPS) is 11.9. The van der Waals surface area contributed by atoms with Crippen LogP contribution in [0.25, 0.3) is 0 Å². The molecule has 0 bridgehead atoms. The highest BCUT2D eigenvalue weighted by molar-refractivity contribution is 7.89. The SMILES string of the molecule is C[C@@H](OC(=O)c1ccc(CS(C)(=O)=O)cc1)C(=O)NNC(=O)c1ccccc1. The Morgan fingerprint density at radius 3 is 2.11 bits per heavy atom. The summed E-state index contributed by atoms with van der Waals surface area (Å²) < 4.78 is 27.6. The van der Waals surface area contributed by atoms with Crippen molar-refractivity contribution in [2.24, 2.45) is 0 Å². The van der Waals surface area contributed by atoms with Gasteiger partial charge in [-0.2, -0.15) is 0 Å². The summed E-state index contributed by atoms with van der Waals surface area (Å²) in [6, 6.07) is 14.1. The Balaban J connectivity index is 1.87. The van der Waals surface area contributed by atoms with Gasteiger partial charge in [-0.3, -0.25) is 20.4 Å². The number of benzene rings is 2. The predicted octanol–water partition coefficient (Wildman–Crippen LogP) is 1.24. The largest absolute Gasteiger partial charge is 0.449 e. The maximum absolute atomic E-state index is 12.1. The second kappa shape index (κ2) is 9.14. The van der Waals surface area contributed by atoms with Crippen LogP contribution in [0.3, 0.4) is 0 Å². The van der Waals surface area contributed by atoms with Crippen molar-refractivity contribution in [1.82, 2.24) is 10.9 Å². The summed E-state index contributed by atoms with van der Waals surface area (Å²) in [5.74, 6) is -2.09. The molecule has 0 saturated heterocycles. The summed E-state index contributed by atoms with van der Waals surface area (Å²) in [5.41, 5.74) is 5.49. The van der Waals surface area contributed by atoms with Gasteiger partial charge in [0, 0.05) is 11.8 Å². The number of carbonyl (C=O) groups excluding carboxylic acids is 3. The van der Waals surface area contributed by atoms with Crippen molar-refractivity contribution < 1.29 is 27.5 Å². The van der Waals surface area contributed by atoms with Gasteiger partial charge in [0.25, 0.3) is 11.8 Å². The van der Waals surface area contributed by atoms with Crippen LogP contribution >= 0.6 is 0 Å². The molecule has 2 aromatic rings. The van der Waals surface area contributed by atoms with Gasteiger partial charge in [0.05, 0.1) is 11.3 Å². The highest BCUT2D eigenvalue weighted by Crippen LogP contribution is 2.10. The van der Waals surface area contributed by atoms with Crippen molar-refractivity contribution in [2.75, 3.05) is 6.26 Å². The third-order valence-electron chi connectivity index (χ3n) is 3.61. The van der Waals surface area contributed by atoms with E-state index in [1.807, 2.05) is 0 Å². The topological polar surface area (TPSA) is 119 Å². The van der Waals surface area contributed by atoms with Gasteiger partial charge in [0.15, 0.2) is 15.9 Å². The number of hydrogen-bond donors (Lipinski definition) is 2. The molecule has 2 aromatic carbocycles. The number of rotatable bonds is 6. The summed E-state index contributed by atoms with van der Waals surface area (Å²) in [5, 5.41) is 0. The Labute approximate surface area is 162 Å². The molecule has 1 atom stereocenters. The average Bonchev–Trinajstić information content (AvgIpc) is 2.65. The molecule has 0 saturated carbocycles. The van der Waals surface area contributed by atoms with E-state index in [2.05, 4.69) is 10.9 Å². The molecule has 28 heavy (non-hydrogen) atoms. The zero-order chi connectivity index (χ0) is 20.7. The van der Waals surface area contributed by atoms with Crippen LogP contribution < -0.4 is 10.9 Å². The molecule has 0 unspecified atom stereocenters. The predicted molar refractivity (Wildman–Crippen MR) is 102 cm³/mol. The van der Waals surface area contributed by atoms with Gasteiger partial charge in [-0.25, -0.2) is 13.2 Å². The number of hydrazine groups is 1. The lowest BCUT2D eigenvalue weighted by Gasteiger charge is -2.14. The molecule has 0 aromatic heterocycles. The van der Waals surface area contributed by atoms with Crippen molar-refractivity contribution in [2.45, 2.75) is 18.8 Å². The lowest BCUT2D eigenvalue weighted by molar-refractivity contribution is -0.129. The minimum atomic E-state index is -3.18. The summed E-state index contributed by atoms with van der Waals surface area (Å²) in [6.07, 6.45) is -0.0364. The molecule has 0 aliphatic rings. The van der Waals surface area contributed by atoms with E-state index in [4.69, 9.17) is 4.74 Å². The quantitative estimate of drug-likeness (QED) is 0.552. The van der Waals surface area contributed by atoms with E-state index in [0.29, 0.717) is 11.1 Å². The summed E-state index contributed by atoms with van der Waals surface area (Å²) in [4.78, 5) is 36.0. The first-order valence-electron chi connectivity index (χ1n) is 8.28. The van der Waals surface area contributed by atoms with E-state index in [-0.39, 0.29) is 11.3 Å². The first kappa shape index (κ1) is 21.1. The highest BCUT2D eigenvalue weighted by atomic mass is 32.2. The molecule has 8 nitrogen and oxygen atoms in total. The fraction of sp³-hybridized carbons (Fsp3) is 0.211. The summed E-state index contributed by atoms with van der Waals surface area (Å²) >= 11 is 0. The van der Waals surface area contributed by atoms with E-state index in [9.17, 15) is 22.8 Å². The Bertz CT molecular complexity index is 956. The van der Waals surface area contributed by atoms with E-state index in [1.165, 1.54) is 31.2 Å². The smallest absolute Gasteiger partial charge is 0.338 e. The second-order valence-corrected chi connectivity index (χ2v) is 8.26. The average molecular weight is 404 g/mol. The molecule has 0 radical (unpaired) electrons. The molecule has 0 aliphatic heterocycles. The maximum atomic E-state index is 12.1. The van der Waals surface area contributed by atoms with Crippen molar-refractivity contribution >= 4 is 27.6 Å². The number of amides is 2. The van der Waals surface area contributed by atoms with E-state index >= 15 is 0 Å². The van der Waals surface area contributed by atoms with Gasteiger partial charge >= 0.3 is 5.97 Å². The third kappa shape index (κ3) is 6.51. The molecule has 0 spiro atoms. The van der Waals surface area contributed by atoms with Gasteiger partial charge < -0.3 is 4.74 Å². The van der Waals surface area contributed by atoms with Crippen molar-refractivity contribution in [3.63, 3.8) is 0 Å². The van der Waals surface area contributed by atoms with E-state index in [1.54, 1.807) is 30.3 Å². The van der Waals surface area contributed by atoms with Gasteiger partial charge in [-0.1, -0.05) is 30.3 Å². The molecule has 2 amide bonds. The third-order valence-corrected chi connectivity index (χ3v) is 4.46. The Morgan fingerprint density at radius 2 is 1.54 bits per heavy atom. The van der Waals surface area contributed by atoms with Crippen LogP contribution in [0.15, 0.2) is 54.6 Å². The molecular formula is C19H20N2O6S. The van der Waals surface area contributed by atoms with Crippen LogP contribution in [0, 0.1) is 0 Å². The van der Waals surface area contributed by atoms with Crippen LogP contribution in [0.1, 0.15) is 33.2 Å². The van der Waals surface area contributed by atoms with E-state index < -0.39 is 33.7 Å². The second-order valence-electron chi connectivity index (χ2n) is 6.12. The van der Waals surface area contributed by atoms with Crippen LogP contribution in [-0.4, -0.2) is 38.6 Å². The highest BCUT2D eigenvalue weighted by Gasteiger charge is 2.19. The van der Waals surface area contributed by atoms with Crippen LogP contribution in [0.4, 0.5) is 0 Å². The minimum Gasteiger partial charge on any atom is -0.449 e. The molecule has 2 rings (SSSR count). The zero-order valence-corrected chi connectivity index (χ0v) is 16.2. The molecule has 0 heterocycles. The van der Waals surface area contributed by atoms with Gasteiger partial charge in [0.2, 0.25) is 0 Å². The van der Waals surface area contributed by atoms with Gasteiger partial charge in [0.1, 0.15) is 0 Å². The lowest BCUT2D eigenvalue weighted by Crippen LogP contribution is -2.46. The first-order chi connectivity index (χ1) is 13.2. The number of nitrogens with one attached hydrogen (secondary N) is 2. The van der Waals surface area contributed by atoms with E-state index in [0.717, 1.165) is 6.26 Å². The molecular weight excluding hydrogens is 384 g/mol. The van der Waals surface area contributed by atoms with Gasteiger partial charge in [-0.05, 0) is 36.8 Å². The van der Waals surface area contributed by atoms with Crippen molar-refractivity contribution in [3.8, 4) is 0 Å². The van der Waals surface area contributed by atoms with Crippen molar-refractivity contribution in [1.29, 1.82) is 0 Å². The summed E-state index contributed by atoms with van der Waals surface area (Å²) in [6.45, 7) is 1.36. The molecule has 0 aliphatic carbocycles. The number of hydrogen-bond acceptors (Lipinski definition) is 6. The Morgan fingerprint density at radius 1 is 0.929 bits per heavy atom. The zero-order valence-electron chi connectivity index (χ0n) is 15.3. The number of carbonyl (C=O) groups is 3. The molecule has 2 N–H and O–H groups in total. The Hall–Kier alpha value is -3.20.